The molecule has 0 saturated carbocycles. The fraction of sp³-hybridized carbons (Fsp3) is 0.611. The second-order valence-electron chi connectivity index (χ2n) is 7.10. The Bertz CT molecular complexity index is 727. The van der Waals surface area contributed by atoms with Crippen molar-refractivity contribution in [3.63, 3.8) is 0 Å². The zero-order valence-electron chi connectivity index (χ0n) is 15.2. The molecular formula is C18H22F3N3O4. The van der Waals surface area contributed by atoms with Gasteiger partial charge in [0.1, 0.15) is 5.69 Å². The summed E-state index contributed by atoms with van der Waals surface area (Å²) in [6.07, 6.45) is -1.71. The molecule has 0 aliphatic carbocycles. The molecule has 0 aromatic heterocycles. The number of nitro benzene ring substituents is 1. The molecule has 154 valence electrons. The fourth-order valence-corrected chi connectivity index (χ4v) is 3.66. The van der Waals surface area contributed by atoms with Crippen molar-refractivity contribution >= 4 is 17.3 Å². The van der Waals surface area contributed by atoms with E-state index in [1.165, 1.54) is 0 Å². The monoisotopic (exact) mass is 401 g/mol. The SMILES string of the molecule is O=C(NCC1CCCO1)C1CCN(c2ccc(C(F)(F)F)cc2[N+](=O)[O-])CC1. The minimum atomic E-state index is -4.64. The molecule has 2 aliphatic rings. The van der Waals surface area contributed by atoms with Crippen molar-refractivity contribution in [3.8, 4) is 0 Å². The number of carbonyl (C=O) groups excluding carboxylic acids is 1. The molecule has 2 saturated heterocycles. The van der Waals surface area contributed by atoms with Gasteiger partial charge >= 0.3 is 6.18 Å². The summed E-state index contributed by atoms with van der Waals surface area (Å²) in [6, 6.07) is 2.55. The summed E-state index contributed by atoms with van der Waals surface area (Å²) in [4.78, 5) is 24.4. The van der Waals surface area contributed by atoms with Gasteiger partial charge in [-0.2, -0.15) is 13.2 Å². The molecule has 2 aliphatic heterocycles. The lowest BCUT2D eigenvalue weighted by molar-refractivity contribution is -0.384. The standard InChI is InChI=1S/C18H22F3N3O4/c19-18(20,21)13-3-4-15(16(10-13)24(26)27)23-7-5-12(6-8-23)17(25)22-11-14-2-1-9-28-14/h3-4,10,12,14H,1-2,5-9,11H2,(H,22,25). The lowest BCUT2D eigenvalue weighted by Crippen LogP contribution is -2.42. The highest BCUT2D eigenvalue weighted by Crippen LogP contribution is 2.37. The number of nitrogens with zero attached hydrogens (tertiary/aromatic N) is 2. The first-order valence-corrected chi connectivity index (χ1v) is 9.25. The van der Waals surface area contributed by atoms with Crippen molar-refractivity contribution < 1.29 is 27.6 Å². The van der Waals surface area contributed by atoms with Gasteiger partial charge in [0, 0.05) is 38.2 Å². The molecule has 1 atom stereocenters. The zero-order chi connectivity index (χ0) is 20.3. The average Bonchev–Trinajstić information content (AvgIpc) is 3.18. The van der Waals surface area contributed by atoms with Crippen molar-refractivity contribution in [1.29, 1.82) is 0 Å². The van der Waals surface area contributed by atoms with E-state index < -0.39 is 22.4 Å². The highest BCUT2D eigenvalue weighted by molar-refractivity contribution is 5.79. The van der Waals surface area contributed by atoms with Gasteiger partial charge in [0.25, 0.3) is 5.69 Å². The van der Waals surface area contributed by atoms with E-state index in [0.29, 0.717) is 45.1 Å². The normalized spacial score (nSPS) is 21.0. The summed E-state index contributed by atoms with van der Waals surface area (Å²) in [6.45, 7) is 1.92. The van der Waals surface area contributed by atoms with E-state index >= 15 is 0 Å². The Labute approximate surface area is 160 Å². The van der Waals surface area contributed by atoms with Crippen LogP contribution in [0.2, 0.25) is 0 Å². The van der Waals surface area contributed by atoms with Gasteiger partial charge in [-0.05, 0) is 37.8 Å². The topological polar surface area (TPSA) is 84.7 Å². The highest BCUT2D eigenvalue weighted by atomic mass is 19.4. The van der Waals surface area contributed by atoms with E-state index in [-0.39, 0.29) is 23.6 Å². The third-order valence-electron chi connectivity index (χ3n) is 5.23. The van der Waals surface area contributed by atoms with Crippen LogP contribution in [0, 0.1) is 16.0 Å². The van der Waals surface area contributed by atoms with Crippen LogP contribution in [0.1, 0.15) is 31.2 Å². The summed E-state index contributed by atoms with van der Waals surface area (Å²) < 4.78 is 44.0. The van der Waals surface area contributed by atoms with E-state index in [9.17, 15) is 28.1 Å². The number of rotatable bonds is 5. The van der Waals surface area contributed by atoms with Gasteiger partial charge in [0.15, 0.2) is 0 Å². The Kier molecular flexibility index (Phi) is 6.07. The molecule has 3 rings (SSSR count). The fourth-order valence-electron chi connectivity index (χ4n) is 3.66. The summed E-state index contributed by atoms with van der Waals surface area (Å²) in [7, 11) is 0. The number of alkyl halides is 3. The zero-order valence-corrected chi connectivity index (χ0v) is 15.2. The molecule has 2 fully saturated rings. The molecule has 2 heterocycles. The second-order valence-corrected chi connectivity index (χ2v) is 7.10. The lowest BCUT2D eigenvalue weighted by Gasteiger charge is -2.33. The smallest absolute Gasteiger partial charge is 0.376 e. The maximum atomic E-state index is 12.8. The van der Waals surface area contributed by atoms with Crippen molar-refractivity contribution in [2.45, 2.75) is 38.0 Å². The van der Waals surface area contributed by atoms with Crippen LogP contribution in [0.15, 0.2) is 18.2 Å². The minimum Gasteiger partial charge on any atom is -0.376 e. The van der Waals surface area contributed by atoms with Crippen LogP contribution < -0.4 is 10.2 Å². The van der Waals surface area contributed by atoms with Gasteiger partial charge in [-0.3, -0.25) is 14.9 Å². The van der Waals surface area contributed by atoms with Crippen molar-refractivity contribution in [2.75, 3.05) is 31.1 Å². The number of anilines is 1. The lowest BCUT2D eigenvalue weighted by atomic mass is 9.95. The van der Waals surface area contributed by atoms with Crippen LogP contribution in [0.3, 0.4) is 0 Å². The average molecular weight is 401 g/mol. The molecule has 1 amide bonds. The van der Waals surface area contributed by atoms with Crippen LogP contribution in [0.4, 0.5) is 24.5 Å². The second kappa shape index (κ2) is 8.34. The Balaban J connectivity index is 1.61. The van der Waals surface area contributed by atoms with Crippen molar-refractivity contribution in [3.05, 3.63) is 33.9 Å². The Morgan fingerprint density at radius 2 is 2.00 bits per heavy atom. The van der Waals surface area contributed by atoms with Gasteiger partial charge in [-0.1, -0.05) is 0 Å². The molecule has 1 aromatic rings. The number of hydrogen-bond donors (Lipinski definition) is 1. The van der Waals surface area contributed by atoms with Gasteiger partial charge in [0.05, 0.1) is 16.6 Å². The highest BCUT2D eigenvalue weighted by Gasteiger charge is 2.35. The quantitative estimate of drug-likeness (QED) is 0.605. The molecule has 0 radical (unpaired) electrons. The molecule has 1 unspecified atom stereocenters. The third kappa shape index (κ3) is 4.73. The summed E-state index contributed by atoms with van der Waals surface area (Å²) >= 11 is 0. The first-order valence-electron chi connectivity index (χ1n) is 9.25. The van der Waals surface area contributed by atoms with Crippen LogP contribution in [-0.2, 0) is 15.7 Å². The van der Waals surface area contributed by atoms with Gasteiger partial charge < -0.3 is 15.0 Å². The number of amides is 1. The number of nitro groups is 1. The first kappa shape index (κ1) is 20.4. The summed E-state index contributed by atoms with van der Waals surface area (Å²) in [5, 5.41) is 14.1. The Morgan fingerprint density at radius 3 is 2.57 bits per heavy atom. The van der Waals surface area contributed by atoms with Crippen LogP contribution in [-0.4, -0.2) is 43.2 Å². The predicted octanol–water partition coefficient (Wildman–Crippen LogP) is 3.13. The molecule has 10 heteroatoms. The number of nitrogens with one attached hydrogen (secondary N) is 1. The van der Waals surface area contributed by atoms with Crippen molar-refractivity contribution in [1.82, 2.24) is 5.32 Å². The third-order valence-corrected chi connectivity index (χ3v) is 5.23. The predicted molar refractivity (Wildman–Crippen MR) is 95.0 cm³/mol. The molecular weight excluding hydrogens is 379 g/mol. The maximum Gasteiger partial charge on any atom is 0.416 e. The van der Waals surface area contributed by atoms with Crippen LogP contribution in [0.25, 0.3) is 0 Å². The van der Waals surface area contributed by atoms with E-state index in [4.69, 9.17) is 4.74 Å². The molecule has 7 nitrogen and oxygen atoms in total. The number of hydrogen-bond acceptors (Lipinski definition) is 5. The summed E-state index contributed by atoms with van der Waals surface area (Å²) in [5.74, 6) is -0.289. The van der Waals surface area contributed by atoms with Gasteiger partial charge in [-0.15, -0.1) is 0 Å². The summed E-state index contributed by atoms with van der Waals surface area (Å²) in [5.41, 5.74) is -1.47. The van der Waals surface area contributed by atoms with Crippen LogP contribution in [0.5, 0.6) is 0 Å². The van der Waals surface area contributed by atoms with E-state index in [2.05, 4.69) is 5.32 Å². The van der Waals surface area contributed by atoms with E-state index in [0.717, 1.165) is 25.0 Å². The molecule has 0 bridgehead atoms. The molecule has 28 heavy (non-hydrogen) atoms. The number of halogens is 3. The van der Waals surface area contributed by atoms with Crippen LogP contribution >= 0.6 is 0 Å². The van der Waals surface area contributed by atoms with Gasteiger partial charge in [-0.25, -0.2) is 0 Å². The maximum absolute atomic E-state index is 12.8. The molecule has 0 spiro atoms. The number of carbonyl (C=O) groups is 1. The van der Waals surface area contributed by atoms with Gasteiger partial charge in [0.2, 0.25) is 5.91 Å². The number of piperidine rings is 1. The number of benzene rings is 1. The first-order chi connectivity index (χ1) is 13.3. The Morgan fingerprint density at radius 1 is 1.29 bits per heavy atom. The Hall–Kier alpha value is -2.36. The largest absolute Gasteiger partial charge is 0.416 e. The van der Waals surface area contributed by atoms with E-state index in [1.807, 2.05) is 0 Å². The minimum absolute atomic E-state index is 0.0545. The molecule has 1 aromatic carbocycles. The number of ether oxygens (including phenoxy) is 1. The molecule has 1 N–H and O–H groups in total. The van der Waals surface area contributed by atoms with E-state index in [1.54, 1.807) is 4.90 Å². The van der Waals surface area contributed by atoms with Crippen molar-refractivity contribution in [2.24, 2.45) is 5.92 Å².